The third-order valence-electron chi connectivity index (χ3n) is 6.00. The summed E-state index contributed by atoms with van der Waals surface area (Å²) < 4.78 is 5.72. The minimum Gasteiger partial charge on any atom is -0.445 e. The summed E-state index contributed by atoms with van der Waals surface area (Å²) >= 11 is 0. The Labute approximate surface area is 176 Å². The Hall–Kier alpha value is -3.53. The molecule has 1 atom stereocenters. The molecular weight excluding hydrogens is 372 g/mol. The number of carbonyl (C=O) groups excluding carboxylic acids is 1. The van der Waals surface area contributed by atoms with Crippen LogP contribution < -0.4 is 0 Å². The van der Waals surface area contributed by atoms with Crippen LogP contribution in [0.3, 0.4) is 0 Å². The number of aryl methyl sites for hydroxylation is 1. The van der Waals surface area contributed by atoms with E-state index in [0.717, 1.165) is 28.8 Å². The fourth-order valence-corrected chi connectivity index (χ4v) is 4.45. The van der Waals surface area contributed by atoms with Gasteiger partial charge in [0.25, 0.3) is 0 Å². The summed E-state index contributed by atoms with van der Waals surface area (Å²) in [5.74, 6) is 0. The average Bonchev–Trinajstić information content (AvgIpc) is 3.13. The number of para-hydroxylation sites is 1. The van der Waals surface area contributed by atoms with E-state index in [1.807, 2.05) is 53.4 Å². The van der Waals surface area contributed by atoms with E-state index in [1.54, 1.807) is 0 Å². The van der Waals surface area contributed by atoms with Crippen molar-refractivity contribution in [2.45, 2.75) is 26.0 Å². The molecule has 0 saturated carbocycles. The Morgan fingerprint density at radius 3 is 2.57 bits per heavy atom. The van der Waals surface area contributed by atoms with Gasteiger partial charge in [0.15, 0.2) is 0 Å². The first-order valence-corrected chi connectivity index (χ1v) is 10.3. The SMILES string of the molecule is Cc1c(C2c3ccccc3CCN2C(=O)OCc2ccccc2)[nH]c2ccccc12. The number of nitrogens with zero attached hydrogens (tertiary/aromatic N) is 1. The maximum absolute atomic E-state index is 13.2. The summed E-state index contributed by atoms with van der Waals surface area (Å²) in [6, 6.07) is 26.3. The topological polar surface area (TPSA) is 45.3 Å². The third kappa shape index (κ3) is 3.24. The van der Waals surface area contributed by atoms with Crippen molar-refractivity contribution in [1.82, 2.24) is 9.88 Å². The van der Waals surface area contributed by atoms with Crippen molar-refractivity contribution in [2.24, 2.45) is 0 Å². The fraction of sp³-hybridized carbons (Fsp3) is 0.192. The molecule has 1 amide bonds. The molecular formula is C26H24N2O2. The normalized spacial score (nSPS) is 15.8. The van der Waals surface area contributed by atoms with Crippen LogP contribution in [0.1, 0.15) is 34.0 Å². The van der Waals surface area contributed by atoms with Crippen molar-refractivity contribution in [3.05, 3.63) is 107 Å². The number of hydrogen-bond acceptors (Lipinski definition) is 2. The van der Waals surface area contributed by atoms with E-state index >= 15 is 0 Å². The Morgan fingerprint density at radius 2 is 1.73 bits per heavy atom. The molecule has 0 bridgehead atoms. The smallest absolute Gasteiger partial charge is 0.410 e. The molecule has 4 nitrogen and oxygen atoms in total. The van der Waals surface area contributed by atoms with Crippen LogP contribution in [-0.4, -0.2) is 22.5 Å². The predicted octanol–water partition coefficient (Wildman–Crippen LogP) is 5.76. The fourth-order valence-electron chi connectivity index (χ4n) is 4.45. The number of ether oxygens (including phenoxy) is 1. The van der Waals surface area contributed by atoms with Crippen molar-refractivity contribution in [3.8, 4) is 0 Å². The first-order chi connectivity index (χ1) is 14.7. The molecule has 1 aromatic heterocycles. The first-order valence-electron chi connectivity index (χ1n) is 10.3. The van der Waals surface area contributed by atoms with Gasteiger partial charge in [-0.1, -0.05) is 72.8 Å². The highest BCUT2D eigenvalue weighted by molar-refractivity contribution is 5.85. The molecule has 1 aliphatic rings. The molecule has 0 fully saturated rings. The monoisotopic (exact) mass is 396 g/mol. The molecule has 2 heterocycles. The molecule has 30 heavy (non-hydrogen) atoms. The van der Waals surface area contributed by atoms with Crippen LogP contribution in [-0.2, 0) is 17.8 Å². The minimum atomic E-state index is -0.281. The highest BCUT2D eigenvalue weighted by atomic mass is 16.6. The van der Waals surface area contributed by atoms with Crippen LogP contribution in [0, 0.1) is 6.92 Å². The maximum atomic E-state index is 13.2. The number of rotatable bonds is 3. The highest BCUT2D eigenvalue weighted by Crippen LogP contribution is 2.38. The second-order valence-corrected chi connectivity index (χ2v) is 7.79. The average molecular weight is 396 g/mol. The zero-order valence-electron chi connectivity index (χ0n) is 17.0. The van der Waals surface area contributed by atoms with Gasteiger partial charge in [-0.25, -0.2) is 4.79 Å². The lowest BCUT2D eigenvalue weighted by Crippen LogP contribution is -2.41. The molecule has 0 saturated heterocycles. The van der Waals surface area contributed by atoms with Crippen LogP contribution in [0.5, 0.6) is 0 Å². The van der Waals surface area contributed by atoms with Gasteiger partial charge < -0.3 is 9.72 Å². The molecule has 1 N–H and O–H groups in total. The largest absolute Gasteiger partial charge is 0.445 e. The lowest BCUT2D eigenvalue weighted by molar-refractivity contribution is 0.0831. The molecule has 1 aliphatic heterocycles. The Balaban J connectivity index is 1.53. The molecule has 0 aliphatic carbocycles. The summed E-state index contributed by atoms with van der Waals surface area (Å²) in [5.41, 5.74) is 6.75. The van der Waals surface area contributed by atoms with Crippen LogP contribution in [0.25, 0.3) is 10.9 Å². The Kier molecular flexibility index (Phi) is 4.75. The third-order valence-corrected chi connectivity index (χ3v) is 6.00. The maximum Gasteiger partial charge on any atom is 0.410 e. The number of amides is 1. The molecule has 5 rings (SSSR count). The van der Waals surface area contributed by atoms with E-state index in [0.29, 0.717) is 6.54 Å². The van der Waals surface area contributed by atoms with Crippen molar-refractivity contribution in [3.63, 3.8) is 0 Å². The number of nitrogens with one attached hydrogen (secondary N) is 1. The standard InChI is InChI=1S/C26H24N2O2/c1-18-21-12-7-8-14-23(21)27-24(18)25-22-13-6-5-11-20(22)15-16-28(25)26(29)30-17-19-9-3-2-4-10-19/h2-14,25,27H,15-17H2,1H3. The van der Waals surface area contributed by atoms with Crippen LogP contribution in [0.15, 0.2) is 78.9 Å². The van der Waals surface area contributed by atoms with Crippen molar-refractivity contribution in [2.75, 3.05) is 6.54 Å². The number of benzene rings is 3. The first kappa shape index (κ1) is 18.5. The Bertz CT molecular complexity index is 1200. The van der Waals surface area contributed by atoms with Gasteiger partial charge in [0.05, 0.1) is 0 Å². The van der Waals surface area contributed by atoms with E-state index in [2.05, 4.69) is 42.2 Å². The molecule has 0 spiro atoms. The highest BCUT2D eigenvalue weighted by Gasteiger charge is 2.35. The van der Waals surface area contributed by atoms with Gasteiger partial charge in [0.1, 0.15) is 12.6 Å². The quantitative estimate of drug-likeness (QED) is 0.478. The molecule has 1 unspecified atom stereocenters. The summed E-state index contributed by atoms with van der Waals surface area (Å²) in [6.45, 7) is 3.03. The number of hydrogen-bond donors (Lipinski definition) is 1. The molecule has 4 aromatic rings. The number of H-pyrrole nitrogens is 1. The number of carbonyl (C=O) groups is 1. The van der Waals surface area contributed by atoms with Gasteiger partial charge in [-0.15, -0.1) is 0 Å². The second-order valence-electron chi connectivity index (χ2n) is 7.79. The zero-order chi connectivity index (χ0) is 20.5. The molecule has 4 heteroatoms. The summed E-state index contributed by atoms with van der Waals surface area (Å²) in [5, 5.41) is 1.19. The van der Waals surface area contributed by atoms with E-state index < -0.39 is 0 Å². The molecule has 0 radical (unpaired) electrons. The Morgan fingerprint density at radius 1 is 1.00 bits per heavy atom. The van der Waals surface area contributed by atoms with Gasteiger partial charge in [0.2, 0.25) is 0 Å². The number of fused-ring (bicyclic) bond motifs is 2. The van der Waals surface area contributed by atoms with Gasteiger partial charge in [0, 0.05) is 23.1 Å². The van der Waals surface area contributed by atoms with Gasteiger partial charge in [-0.2, -0.15) is 0 Å². The van der Waals surface area contributed by atoms with Gasteiger partial charge in [-0.05, 0) is 41.7 Å². The minimum absolute atomic E-state index is 0.189. The van der Waals surface area contributed by atoms with E-state index in [1.165, 1.54) is 16.5 Å². The van der Waals surface area contributed by atoms with Crippen LogP contribution in [0.4, 0.5) is 4.79 Å². The lowest BCUT2D eigenvalue weighted by Gasteiger charge is -2.36. The van der Waals surface area contributed by atoms with Crippen molar-refractivity contribution in [1.29, 1.82) is 0 Å². The summed E-state index contributed by atoms with van der Waals surface area (Å²) in [6.07, 6.45) is 0.545. The summed E-state index contributed by atoms with van der Waals surface area (Å²) in [7, 11) is 0. The van der Waals surface area contributed by atoms with Gasteiger partial charge in [-0.3, -0.25) is 4.90 Å². The van der Waals surface area contributed by atoms with Crippen molar-refractivity contribution >= 4 is 17.0 Å². The van der Waals surface area contributed by atoms with E-state index in [9.17, 15) is 4.79 Å². The number of aromatic amines is 1. The predicted molar refractivity (Wildman–Crippen MR) is 118 cm³/mol. The summed E-state index contributed by atoms with van der Waals surface area (Å²) in [4.78, 5) is 18.6. The number of aromatic nitrogens is 1. The van der Waals surface area contributed by atoms with E-state index in [-0.39, 0.29) is 18.7 Å². The van der Waals surface area contributed by atoms with Crippen LogP contribution >= 0.6 is 0 Å². The lowest BCUT2D eigenvalue weighted by atomic mass is 9.89. The molecule has 3 aromatic carbocycles. The van der Waals surface area contributed by atoms with Crippen LogP contribution in [0.2, 0.25) is 0 Å². The van der Waals surface area contributed by atoms with Crippen molar-refractivity contribution < 1.29 is 9.53 Å². The van der Waals surface area contributed by atoms with Gasteiger partial charge >= 0.3 is 6.09 Å². The van der Waals surface area contributed by atoms with E-state index in [4.69, 9.17) is 4.74 Å². The zero-order valence-corrected chi connectivity index (χ0v) is 17.0. The second kappa shape index (κ2) is 7.71. The molecule has 150 valence electrons.